The number of hydrogen-bond acceptors (Lipinski definition) is 3. The molecular weight excluding hydrogens is 194 g/mol. The molecule has 0 aliphatic rings. The molecule has 0 heterocycles. The van der Waals surface area contributed by atoms with Gasteiger partial charge in [0.1, 0.15) is 5.75 Å². The first-order valence-corrected chi connectivity index (χ1v) is 5.61. The Bertz CT molecular complexity index is 319. The van der Waals surface area contributed by atoms with Crippen molar-refractivity contribution in [2.75, 3.05) is 5.75 Å². The minimum Gasteiger partial charge on any atom is -0.507 e. The van der Waals surface area contributed by atoms with Gasteiger partial charge in [0.15, 0.2) is 0 Å². The molecule has 0 saturated carbocycles. The van der Waals surface area contributed by atoms with Crippen molar-refractivity contribution in [1.29, 1.82) is 5.26 Å². The summed E-state index contributed by atoms with van der Waals surface area (Å²) in [6.07, 6.45) is 2.59. The quantitative estimate of drug-likeness (QED) is 0.595. The summed E-state index contributed by atoms with van der Waals surface area (Å²) >= 11 is 1.64. The number of phenols is 1. The van der Waals surface area contributed by atoms with Crippen LogP contribution in [0.2, 0.25) is 0 Å². The molecule has 14 heavy (non-hydrogen) atoms. The number of para-hydroxylation sites is 1. The van der Waals surface area contributed by atoms with Crippen molar-refractivity contribution >= 4 is 11.8 Å². The molecule has 74 valence electrons. The zero-order chi connectivity index (χ0) is 10.2. The van der Waals surface area contributed by atoms with E-state index in [0.29, 0.717) is 12.2 Å². The largest absolute Gasteiger partial charge is 0.507 e. The van der Waals surface area contributed by atoms with E-state index in [0.717, 1.165) is 23.5 Å². The normalized spacial score (nSPS) is 9.64. The lowest BCUT2D eigenvalue weighted by molar-refractivity contribution is 0.462. The number of aromatic hydroxyl groups is 1. The van der Waals surface area contributed by atoms with E-state index >= 15 is 0 Å². The van der Waals surface area contributed by atoms with Crippen LogP contribution >= 0.6 is 11.8 Å². The van der Waals surface area contributed by atoms with E-state index in [1.54, 1.807) is 17.8 Å². The second-order valence-corrected chi connectivity index (χ2v) is 4.07. The summed E-state index contributed by atoms with van der Waals surface area (Å²) in [6, 6.07) is 9.45. The fourth-order valence-corrected chi connectivity index (χ4v) is 2.03. The van der Waals surface area contributed by atoms with Gasteiger partial charge in [-0.1, -0.05) is 12.1 Å². The average molecular weight is 207 g/mol. The Morgan fingerprint density at radius 1 is 1.29 bits per heavy atom. The van der Waals surface area contributed by atoms with Crippen molar-refractivity contribution in [2.24, 2.45) is 0 Å². The summed E-state index contributed by atoms with van der Waals surface area (Å²) in [5.41, 5.74) is 0. The minimum absolute atomic E-state index is 0.345. The number of phenolic OH excluding ortho intramolecular Hbond substituents is 1. The zero-order valence-corrected chi connectivity index (χ0v) is 8.76. The fourth-order valence-electron chi connectivity index (χ4n) is 1.07. The van der Waals surface area contributed by atoms with Gasteiger partial charge in [0, 0.05) is 11.3 Å². The van der Waals surface area contributed by atoms with Crippen LogP contribution in [0.1, 0.15) is 19.3 Å². The van der Waals surface area contributed by atoms with Gasteiger partial charge in [0.05, 0.1) is 6.07 Å². The molecule has 0 unspecified atom stereocenters. The number of thioether (sulfide) groups is 1. The highest BCUT2D eigenvalue weighted by Gasteiger charge is 1.98. The van der Waals surface area contributed by atoms with Gasteiger partial charge in [0.2, 0.25) is 0 Å². The summed E-state index contributed by atoms with van der Waals surface area (Å²) in [7, 11) is 0. The predicted octanol–water partition coefficient (Wildman–Crippen LogP) is 3.18. The Labute approximate surface area is 88.6 Å². The van der Waals surface area contributed by atoms with Crippen LogP contribution in [0.5, 0.6) is 5.75 Å². The summed E-state index contributed by atoms with van der Waals surface area (Å²) in [6.45, 7) is 0. The first kappa shape index (κ1) is 10.9. The van der Waals surface area contributed by atoms with E-state index < -0.39 is 0 Å². The van der Waals surface area contributed by atoms with Crippen LogP contribution in [-0.2, 0) is 0 Å². The number of unbranched alkanes of at least 4 members (excludes halogenated alkanes) is 2. The molecule has 0 amide bonds. The van der Waals surface area contributed by atoms with Crippen LogP contribution < -0.4 is 0 Å². The van der Waals surface area contributed by atoms with Gasteiger partial charge >= 0.3 is 0 Å². The minimum atomic E-state index is 0.345. The van der Waals surface area contributed by atoms with Crippen LogP contribution in [0.15, 0.2) is 29.2 Å². The number of hydrogen-bond donors (Lipinski definition) is 1. The summed E-state index contributed by atoms with van der Waals surface area (Å²) < 4.78 is 0. The van der Waals surface area contributed by atoms with Crippen molar-refractivity contribution in [2.45, 2.75) is 24.2 Å². The molecule has 0 atom stereocenters. The molecule has 0 fully saturated rings. The molecular formula is C11H13NOS. The molecule has 0 aliphatic heterocycles. The third kappa shape index (κ3) is 3.71. The highest BCUT2D eigenvalue weighted by atomic mass is 32.2. The number of benzene rings is 1. The van der Waals surface area contributed by atoms with E-state index in [2.05, 4.69) is 6.07 Å². The van der Waals surface area contributed by atoms with E-state index in [4.69, 9.17) is 5.26 Å². The molecule has 1 aromatic rings. The molecule has 0 spiro atoms. The van der Waals surface area contributed by atoms with Gasteiger partial charge < -0.3 is 5.11 Å². The zero-order valence-electron chi connectivity index (χ0n) is 7.94. The van der Waals surface area contributed by atoms with Gasteiger partial charge in [-0.25, -0.2) is 0 Å². The van der Waals surface area contributed by atoms with E-state index in [1.165, 1.54) is 0 Å². The molecule has 2 nitrogen and oxygen atoms in total. The Morgan fingerprint density at radius 3 is 2.79 bits per heavy atom. The number of rotatable bonds is 5. The first-order valence-electron chi connectivity index (χ1n) is 4.62. The Balaban J connectivity index is 2.25. The lowest BCUT2D eigenvalue weighted by Crippen LogP contribution is -1.80. The Kier molecular flexibility index (Phi) is 4.95. The molecule has 0 bridgehead atoms. The van der Waals surface area contributed by atoms with E-state index in [-0.39, 0.29) is 0 Å². The first-order chi connectivity index (χ1) is 6.84. The van der Waals surface area contributed by atoms with Gasteiger partial charge in [-0.2, -0.15) is 5.26 Å². The smallest absolute Gasteiger partial charge is 0.129 e. The molecule has 1 aromatic carbocycles. The second kappa shape index (κ2) is 6.33. The predicted molar refractivity (Wildman–Crippen MR) is 58.3 cm³/mol. The van der Waals surface area contributed by atoms with Crippen molar-refractivity contribution in [1.82, 2.24) is 0 Å². The topological polar surface area (TPSA) is 44.0 Å². The summed E-state index contributed by atoms with van der Waals surface area (Å²) in [5.74, 6) is 1.30. The molecule has 1 rings (SSSR count). The van der Waals surface area contributed by atoms with Crippen LogP contribution in [0.4, 0.5) is 0 Å². The van der Waals surface area contributed by atoms with E-state index in [9.17, 15) is 5.11 Å². The SMILES string of the molecule is N#CCCCCSc1ccccc1O. The standard InChI is InChI=1S/C11H13NOS/c12-8-4-1-5-9-14-11-7-3-2-6-10(11)13/h2-3,6-7,13H,1,4-5,9H2. The molecule has 0 radical (unpaired) electrons. The maximum absolute atomic E-state index is 9.44. The highest BCUT2D eigenvalue weighted by Crippen LogP contribution is 2.28. The fraction of sp³-hybridized carbons (Fsp3) is 0.364. The molecule has 0 saturated heterocycles. The molecule has 3 heteroatoms. The summed E-state index contributed by atoms with van der Waals surface area (Å²) in [4.78, 5) is 0.921. The lowest BCUT2D eigenvalue weighted by atomic mass is 10.3. The third-order valence-corrected chi connectivity index (χ3v) is 2.95. The van der Waals surface area contributed by atoms with Gasteiger partial charge in [-0.05, 0) is 30.7 Å². The van der Waals surface area contributed by atoms with Gasteiger partial charge in [-0.15, -0.1) is 11.8 Å². The Hall–Kier alpha value is -1.14. The maximum atomic E-state index is 9.44. The second-order valence-electron chi connectivity index (χ2n) is 2.93. The lowest BCUT2D eigenvalue weighted by Gasteiger charge is -2.02. The van der Waals surface area contributed by atoms with Crippen LogP contribution in [0.25, 0.3) is 0 Å². The highest BCUT2D eigenvalue weighted by molar-refractivity contribution is 7.99. The van der Waals surface area contributed by atoms with Crippen LogP contribution in [-0.4, -0.2) is 10.9 Å². The Morgan fingerprint density at radius 2 is 2.07 bits per heavy atom. The average Bonchev–Trinajstić information content (AvgIpc) is 2.20. The monoisotopic (exact) mass is 207 g/mol. The molecule has 0 aliphatic carbocycles. The van der Waals surface area contributed by atoms with Gasteiger partial charge in [0.25, 0.3) is 0 Å². The van der Waals surface area contributed by atoms with Crippen LogP contribution in [0, 0.1) is 11.3 Å². The summed E-state index contributed by atoms with van der Waals surface area (Å²) in [5, 5.41) is 17.8. The third-order valence-electron chi connectivity index (χ3n) is 1.81. The van der Waals surface area contributed by atoms with Gasteiger partial charge in [-0.3, -0.25) is 0 Å². The van der Waals surface area contributed by atoms with Crippen molar-refractivity contribution < 1.29 is 5.11 Å². The van der Waals surface area contributed by atoms with Crippen molar-refractivity contribution in [3.63, 3.8) is 0 Å². The maximum Gasteiger partial charge on any atom is 0.129 e. The van der Waals surface area contributed by atoms with Crippen molar-refractivity contribution in [3.05, 3.63) is 24.3 Å². The number of nitrogens with zero attached hydrogens (tertiary/aromatic N) is 1. The molecule has 1 N–H and O–H groups in total. The van der Waals surface area contributed by atoms with Crippen LogP contribution in [0.3, 0.4) is 0 Å². The van der Waals surface area contributed by atoms with Crippen molar-refractivity contribution in [3.8, 4) is 11.8 Å². The van der Waals surface area contributed by atoms with E-state index in [1.807, 2.05) is 18.2 Å². The number of nitriles is 1. The molecule has 0 aromatic heterocycles.